The molecule has 0 amide bonds. The van der Waals surface area contributed by atoms with Crippen molar-refractivity contribution in [3.05, 3.63) is 96.6 Å². The highest BCUT2D eigenvalue weighted by molar-refractivity contribution is 6.81. The Hall–Kier alpha value is -2.85. The van der Waals surface area contributed by atoms with Gasteiger partial charge < -0.3 is 10.4 Å². The Morgan fingerprint density at radius 2 is 1.24 bits per heavy atom. The fourth-order valence-electron chi connectivity index (χ4n) is 2.74. The van der Waals surface area contributed by atoms with Gasteiger partial charge in [0, 0.05) is 0 Å². The Balaban J connectivity index is 1.77. The van der Waals surface area contributed by atoms with Gasteiger partial charge in [-0.15, -0.1) is 0 Å². The Bertz CT molecular complexity index is 754. The Morgan fingerprint density at radius 1 is 0.800 bits per heavy atom. The number of rotatable bonds is 6. The van der Waals surface area contributed by atoms with E-state index in [9.17, 15) is 4.79 Å². The van der Waals surface area contributed by atoms with Crippen LogP contribution in [0.15, 0.2) is 91.0 Å². The van der Waals surface area contributed by atoms with Crippen molar-refractivity contribution < 1.29 is 9.45 Å². The molecule has 4 heteroatoms. The lowest BCUT2D eigenvalue weighted by Crippen LogP contribution is -2.49. The van der Waals surface area contributed by atoms with Crippen molar-refractivity contribution in [2.45, 2.75) is 12.5 Å². The fourth-order valence-corrected chi connectivity index (χ4v) is 2.74. The summed E-state index contributed by atoms with van der Waals surface area (Å²) < 4.78 is 5.79. The summed E-state index contributed by atoms with van der Waals surface area (Å²) in [5.74, 6) is -0.401. The molecule has 0 saturated carbocycles. The van der Waals surface area contributed by atoms with Gasteiger partial charge in [-0.3, -0.25) is 4.79 Å². The minimum absolute atomic E-state index is 0.401. The predicted octanol–water partition coefficient (Wildman–Crippen LogP) is 1.91. The smallest absolute Gasteiger partial charge is 0.429 e. The third-order valence-corrected chi connectivity index (χ3v) is 4.04. The Morgan fingerprint density at radius 3 is 1.72 bits per heavy atom. The molecule has 3 rings (SSSR count). The predicted molar refractivity (Wildman–Crippen MR) is 102 cm³/mol. The number of carbonyl (C=O) groups is 1. The third kappa shape index (κ3) is 4.58. The van der Waals surface area contributed by atoms with Crippen molar-refractivity contribution in [1.29, 1.82) is 0 Å². The van der Waals surface area contributed by atoms with Crippen LogP contribution in [-0.2, 0) is 15.9 Å². The lowest BCUT2D eigenvalue weighted by atomic mass is 9.55. The molecular formula is C21H20BNO2. The summed E-state index contributed by atoms with van der Waals surface area (Å²) in [6.07, 6.45) is 0.454. The molecule has 0 unspecified atom stereocenters. The van der Waals surface area contributed by atoms with Crippen molar-refractivity contribution in [3.8, 4) is 0 Å². The van der Waals surface area contributed by atoms with Crippen LogP contribution in [0.2, 0.25) is 0 Å². The fraction of sp³-hybridized carbons (Fsp3) is 0.0952. The summed E-state index contributed by atoms with van der Waals surface area (Å²) in [5, 5.41) is 0. The first-order chi connectivity index (χ1) is 12.2. The minimum atomic E-state index is -0.697. The van der Waals surface area contributed by atoms with Gasteiger partial charge in [-0.2, -0.15) is 0 Å². The quantitative estimate of drug-likeness (QED) is 0.703. The molecule has 0 fully saturated rings. The van der Waals surface area contributed by atoms with E-state index in [1.807, 2.05) is 91.0 Å². The molecule has 3 aromatic carbocycles. The van der Waals surface area contributed by atoms with Gasteiger partial charge in [0.05, 0.1) is 0 Å². The van der Waals surface area contributed by atoms with E-state index in [0.29, 0.717) is 6.42 Å². The van der Waals surface area contributed by atoms with E-state index >= 15 is 0 Å². The van der Waals surface area contributed by atoms with Crippen molar-refractivity contribution in [2.75, 3.05) is 0 Å². The van der Waals surface area contributed by atoms with Crippen molar-refractivity contribution >= 4 is 23.8 Å². The van der Waals surface area contributed by atoms with Crippen LogP contribution in [0.5, 0.6) is 0 Å². The Kier molecular flexibility index (Phi) is 5.65. The molecule has 0 aliphatic carbocycles. The Labute approximate surface area is 148 Å². The normalized spacial score (nSPS) is 11.6. The van der Waals surface area contributed by atoms with E-state index < -0.39 is 18.9 Å². The van der Waals surface area contributed by atoms with Gasteiger partial charge in [0.2, 0.25) is 0 Å². The molecule has 1 atom stereocenters. The van der Waals surface area contributed by atoms with E-state index in [4.69, 9.17) is 10.4 Å². The molecule has 0 radical (unpaired) electrons. The molecule has 0 aliphatic rings. The zero-order valence-corrected chi connectivity index (χ0v) is 13.9. The molecule has 0 bridgehead atoms. The topological polar surface area (TPSA) is 52.3 Å². The summed E-state index contributed by atoms with van der Waals surface area (Å²) in [6, 6.07) is 28.4. The zero-order chi connectivity index (χ0) is 17.5. The standard InChI is InChI=1S/C21H20BNO2/c23-20(16-17-10-4-1-5-11-17)21(24)25-22(18-12-6-2-7-13-18)19-14-8-3-9-15-19/h1-15,20H,16,23H2/t20-/m1/s1. The molecule has 25 heavy (non-hydrogen) atoms. The van der Waals surface area contributed by atoms with Gasteiger partial charge >= 0.3 is 12.9 Å². The van der Waals surface area contributed by atoms with Gasteiger partial charge in [-0.05, 0) is 22.9 Å². The first-order valence-corrected chi connectivity index (χ1v) is 8.34. The molecule has 0 heterocycles. The van der Waals surface area contributed by atoms with Crippen molar-refractivity contribution in [3.63, 3.8) is 0 Å². The number of benzene rings is 3. The van der Waals surface area contributed by atoms with E-state index in [-0.39, 0.29) is 0 Å². The van der Waals surface area contributed by atoms with Crippen LogP contribution in [0, 0.1) is 0 Å². The molecule has 3 nitrogen and oxygen atoms in total. The number of hydrogen-bond acceptors (Lipinski definition) is 3. The lowest BCUT2D eigenvalue weighted by molar-refractivity contribution is -0.135. The lowest BCUT2D eigenvalue weighted by Gasteiger charge is -2.18. The molecule has 2 N–H and O–H groups in total. The molecule has 0 saturated heterocycles. The first kappa shape index (κ1) is 17.0. The van der Waals surface area contributed by atoms with Gasteiger partial charge in [0.25, 0.3) is 0 Å². The number of hydrogen-bond donors (Lipinski definition) is 1. The molecule has 124 valence electrons. The minimum Gasteiger partial charge on any atom is -0.525 e. The van der Waals surface area contributed by atoms with Crippen LogP contribution in [0.25, 0.3) is 0 Å². The summed E-state index contributed by atoms with van der Waals surface area (Å²) >= 11 is 0. The van der Waals surface area contributed by atoms with Crippen molar-refractivity contribution in [1.82, 2.24) is 0 Å². The van der Waals surface area contributed by atoms with Crippen LogP contribution < -0.4 is 16.7 Å². The average molecular weight is 329 g/mol. The maximum atomic E-state index is 12.6. The second-order valence-corrected chi connectivity index (χ2v) is 5.93. The SMILES string of the molecule is N[C@H](Cc1ccccc1)C(=O)OB(c1ccccc1)c1ccccc1. The van der Waals surface area contributed by atoms with Crippen molar-refractivity contribution in [2.24, 2.45) is 5.73 Å². The zero-order valence-electron chi connectivity index (χ0n) is 13.9. The maximum Gasteiger partial charge on any atom is 0.429 e. The number of carbonyl (C=O) groups excluding carboxylic acids is 1. The van der Waals surface area contributed by atoms with E-state index in [0.717, 1.165) is 16.5 Å². The van der Waals surface area contributed by atoms with Gasteiger partial charge in [-0.25, -0.2) is 0 Å². The van der Waals surface area contributed by atoms with Crippen LogP contribution in [0.1, 0.15) is 5.56 Å². The van der Waals surface area contributed by atoms with E-state index in [1.54, 1.807) is 0 Å². The van der Waals surface area contributed by atoms with Crippen LogP contribution >= 0.6 is 0 Å². The monoisotopic (exact) mass is 329 g/mol. The van der Waals surface area contributed by atoms with E-state index in [2.05, 4.69) is 0 Å². The highest BCUT2D eigenvalue weighted by atomic mass is 16.5. The largest absolute Gasteiger partial charge is 0.525 e. The van der Waals surface area contributed by atoms with Gasteiger partial charge in [0.15, 0.2) is 0 Å². The van der Waals surface area contributed by atoms with Gasteiger partial charge in [0.1, 0.15) is 6.04 Å². The second-order valence-electron chi connectivity index (χ2n) is 5.93. The summed E-state index contributed by atoms with van der Waals surface area (Å²) in [5.41, 5.74) is 8.95. The van der Waals surface area contributed by atoms with Crippen LogP contribution in [-0.4, -0.2) is 18.9 Å². The van der Waals surface area contributed by atoms with Crippen LogP contribution in [0.4, 0.5) is 0 Å². The molecule has 0 aromatic heterocycles. The second kappa shape index (κ2) is 8.31. The van der Waals surface area contributed by atoms with Crippen LogP contribution in [0.3, 0.4) is 0 Å². The molecular weight excluding hydrogens is 309 g/mol. The van der Waals surface area contributed by atoms with E-state index in [1.165, 1.54) is 0 Å². The summed E-state index contributed by atoms with van der Waals surface area (Å²) in [4.78, 5) is 12.6. The highest BCUT2D eigenvalue weighted by Crippen LogP contribution is 2.04. The summed E-state index contributed by atoms with van der Waals surface area (Å²) in [7, 11) is 0. The maximum absolute atomic E-state index is 12.6. The number of nitrogens with two attached hydrogens (primary N) is 1. The molecule has 0 spiro atoms. The average Bonchev–Trinajstić information content (AvgIpc) is 2.68. The first-order valence-electron chi connectivity index (χ1n) is 8.34. The molecule has 3 aromatic rings. The van der Waals surface area contributed by atoms with Gasteiger partial charge in [-0.1, -0.05) is 91.0 Å². The molecule has 0 aliphatic heterocycles. The highest BCUT2D eigenvalue weighted by Gasteiger charge is 2.28. The summed E-state index contributed by atoms with van der Waals surface area (Å²) in [6.45, 7) is -0.461. The third-order valence-electron chi connectivity index (χ3n) is 4.04.